The number of ether oxygens (including phenoxy) is 1. The van der Waals surface area contributed by atoms with Crippen LogP contribution in [-0.2, 0) is 4.74 Å². The highest BCUT2D eigenvalue weighted by atomic mass is 16.5. The van der Waals surface area contributed by atoms with E-state index in [9.17, 15) is 0 Å². The van der Waals surface area contributed by atoms with Gasteiger partial charge in [0.15, 0.2) is 5.65 Å². The van der Waals surface area contributed by atoms with E-state index in [2.05, 4.69) is 15.0 Å². The van der Waals surface area contributed by atoms with E-state index in [0.717, 1.165) is 24.7 Å². The third-order valence-corrected chi connectivity index (χ3v) is 3.19. The number of hydrogen-bond donors (Lipinski definition) is 1. The second-order valence-electron chi connectivity index (χ2n) is 4.63. The molecule has 0 spiro atoms. The van der Waals surface area contributed by atoms with Crippen molar-refractivity contribution in [2.24, 2.45) is 5.73 Å². The summed E-state index contributed by atoms with van der Waals surface area (Å²) in [5.41, 5.74) is 6.74. The van der Waals surface area contributed by atoms with Crippen LogP contribution in [0.1, 0.15) is 6.92 Å². The maximum atomic E-state index is 5.88. The highest BCUT2D eigenvalue weighted by molar-refractivity contribution is 5.44. The molecule has 2 N–H and O–H groups in total. The monoisotopic (exact) mass is 247 g/mol. The molecule has 0 amide bonds. The molecule has 2 aromatic heterocycles. The minimum Gasteiger partial charge on any atom is -0.373 e. The van der Waals surface area contributed by atoms with Crippen LogP contribution in [0.2, 0.25) is 0 Å². The standard InChI is InChI=1S/C12H17N5O/c1-9(13)10-8-16(6-7-18-10)12-14-11-4-2-3-5-17(11)15-12/h2-5,9-10H,6-8,13H2,1H3. The van der Waals surface area contributed by atoms with Gasteiger partial charge in [0.2, 0.25) is 5.95 Å². The zero-order chi connectivity index (χ0) is 12.5. The summed E-state index contributed by atoms with van der Waals surface area (Å²) in [7, 11) is 0. The normalized spacial score (nSPS) is 22.3. The van der Waals surface area contributed by atoms with E-state index in [0.29, 0.717) is 6.61 Å². The average Bonchev–Trinajstić information content (AvgIpc) is 2.82. The highest BCUT2D eigenvalue weighted by Crippen LogP contribution is 2.15. The smallest absolute Gasteiger partial charge is 0.245 e. The van der Waals surface area contributed by atoms with E-state index >= 15 is 0 Å². The lowest BCUT2D eigenvalue weighted by molar-refractivity contribution is 0.0271. The van der Waals surface area contributed by atoms with Crippen LogP contribution < -0.4 is 10.6 Å². The SMILES string of the molecule is CC(N)C1CN(c2nc3ccccn3n2)CCO1. The number of fused-ring (bicyclic) bond motifs is 1. The van der Waals surface area contributed by atoms with Gasteiger partial charge in [0.25, 0.3) is 0 Å². The number of rotatable bonds is 2. The van der Waals surface area contributed by atoms with Crippen LogP contribution in [0.15, 0.2) is 24.4 Å². The van der Waals surface area contributed by atoms with Crippen LogP contribution in [0.3, 0.4) is 0 Å². The van der Waals surface area contributed by atoms with Crippen molar-refractivity contribution >= 4 is 11.6 Å². The maximum Gasteiger partial charge on any atom is 0.245 e. The number of morpholine rings is 1. The molecule has 1 aliphatic heterocycles. The fourth-order valence-corrected chi connectivity index (χ4v) is 2.13. The summed E-state index contributed by atoms with van der Waals surface area (Å²) in [4.78, 5) is 6.64. The van der Waals surface area contributed by atoms with Gasteiger partial charge in [-0.15, -0.1) is 5.10 Å². The Balaban J connectivity index is 1.85. The lowest BCUT2D eigenvalue weighted by atomic mass is 10.1. The number of hydrogen-bond acceptors (Lipinski definition) is 5. The molecular formula is C12H17N5O. The number of pyridine rings is 1. The third-order valence-electron chi connectivity index (χ3n) is 3.19. The van der Waals surface area contributed by atoms with Crippen molar-refractivity contribution in [3.8, 4) is 0 Å². The zero-order valence-corrected chi connectivity index (χ0v) is 10.4. The van der Waals surface area contributed by atoms with Crippen molar-refractivity contribution in [3.63, 3.8) is 0 Å². The van der Waals surface area contributed by atoms with Crippen molar-refractivity contribution in [3.05, 3.63) is 24.4 Å². The summed E-state index contributed by atoms with van der Waals surface area (Å²) in [6, 6.07) is 5.86. The predicted molar refractivity (Wildman–Crippen MR) is 68.6 cm³/mol. The van der Waals surface area contributed by atoms with Crippen LogP contribution >= 0.6 is 0 Å². The molecule has 1 aliphatic rings. The molecular weight excluding hydrogens is 230 g/mol. The fourth-order valence-electron chi connectivity index (χ4n) is 2.13. The van der Waals surface area contributed by atoms with E-state index in [1.807, 2.05) is 31.3 Å². The molecule has 3 rings (SSSR count). The van der Waals surface area contributed by atoms with Crippen LogP contribution in [0.25, 0.3) is 5.65 Å². The van der Waals surface area contributed by atoms with Gasteiger partial charge >= 0.3 is 0 Å². The van der Waals surface area contributed by atoms with Gasteiger partial charge in [0.05, 0.1) is 12.7 Å². The summed E-state index contributed by atoms with van der Waals surface area (Å²) in [5, 5.41) is 4.47. The first kappa shape index (κ1) is 11.4. The van der Waals surface area contributed by atoms with Crippen molar-refractivity contribution < 1.29 is 4.74 Å². The molecule has 0 saturated carbocycles. The molecule has 2 aromatic rings. The summed E-state index contributed by atoms with van der Waals surface area (Å²) in [5.74, 6) is 0.746. The van der Waals surface area contributed by atoms with Crippen molar-refractivity contribution in [2.75, 3.05) is 24.6 Å². The molecule has 0 bridgehead atoms. The Labute approximate surface area is 105 Å². The highest BCUT2D eigenvalue weighted by Gasteiger charge is 2.25. The van der Waals surface area contributed by atoms with E-state index in [1.165, 1.54) is 0 Å². The Morgan fingerprint density at radius 1 is 1.50 bits per heavy atom. The van der Waals surface area contributed by atoms with E-state index in [-0.39, 0.29) is 12.1 Å². The zero-order valence-electron chi connectivity index (χ0n) is 10.4. The Morgan fingerprint density at radius 2 is 2.39 bits per heavy atom. The van der Waals surface area contributed by atoms with Crippen LogP contribution in [0, 0.1) is 0 Å². The van der Waals surface area contributed by atoms with E-state index in [4.69, 9.17) is 10.5 Å². The lowest BCUT2D eigenvalue weighted by Crippen LogP contribution is -2.50. The summed E-state index contributed by atoms with van der Waals surface area (Å²) >= 11 is 0. The topological polar surface area (TPSA) is 68.7 Å². The molecule has 6 heteroatoms. The van der Waals surface area contributed by atoms with Gasteiger partial charge in [-0.25, -0.2) is 4.52 Å². The van der Waals surface area contributed by atoms with Crippen LogP contribution in [-0.4, -0.2) is 46.4 Å². The number of nitrogens with zero attached hydrogens (tertiary/aromatic N) is 4. The Bertz CT molecular complexity index is 505. The molecule has 0 aliphatic carbocycles. The van der Waals surface area contributed by atoms with Gasteiger partial charge in [-0.05, 0) is 19.1 Å². The van der Waals surface area contributed by atoms with Crippen LogP contribution in [0.4, 0.5) is 5.95 Å². The molecule has 96 valence electrons. The molecule has 2 atom stereocenters. The Hall–Kier alpha value is -1.66. The third kappa shape index (κ3) is 2.04. The largest absolute Gasteiger partial charge is 0.373 e. The van der Waals surface area contributed by atoms with Gasteiger partial charge in [0, 0.05) is 25.3 Å². The maximum absolute atomic E-state index is 5.88. The minimum absolute atomic E-state index is 0.0184. The molecule has 1 saturated heterocycles. The van der Waals surface area contributed by atoms with Gasteiger partial charge in [0.1, 0.15) is 0 Å². The first-order chi connectivity index (χ1) is 8.74. The van der Waals surface area contributed by atoms with Crippen molar-refractivity contribution in [1.82, 2.24) is 14.6 Å². The van der Waals surface area contributed by atoms with Gasteiger partial charge in [-0.2, -0.15) is 4.98 Å². The predicted octanol–water partition coefficient (Wildman–Crippen LogP) is 0.282. The summed E-state index contributed by atoms with van der Waals surface area (Å²) in [6.45, 7) is 4.18. The van der Waals surface area contributed by atoms with Crippen LogP contribution in [0.5, 0.6) is 0 Å². The number of aromatic nitrogens is 3. The minimum atomic E-state index is 0.0184. The van der Waals surface area contributed by atoms with Crippen molar-refractivity contribution in [1.29, 1.82) is 0 Å². The second kappa shape index (κ2) is 4.55. The Kier molecular flexibility index (Phi) is 2.89. The Morgan fingerprint density at radius 3 is 3.17 bits per heavy atom. The van der Waals surface area contributed by atoms with E-state index in [1.54, 1.807) is 4.52 Å². The first-order valence-corrected chi connectivity index (χ1v) is 6.17. The first-order valence-electron chi connectivity index (χ1n) is 6.17. The average molecular weight is 247 g/mol. The van der Waals surface area contributed by atoms with Crippen molar-refractivity contribution in [2.45, 2.75) is 19.1 Å². The van der Waals surface area contributed by atoms with Gasteiger partial charge in [-0.1, -0.05) is 6.07 Å². The summed E-state index contributed by atoms with van der Waals surface area (Å²) in [6.07, 6.45) is 1.94. The molecule has 0 aromatic carbocycles. The molecule has 6 nitrogen and oxygen atoms in total. The van der Waals surface area contributed by atoms with E-state index < -0.39 is 0 Å². The fraction of sp³-hybridized carbons (Fsp3) is 0.500. The second-order valence-corrected chi connectivity index (χ2v) is 4.63. The van der Waals surface area contributed by atoms with Gasteiger partial charge in [-0.3, -0.25) is 0 Å². The summed E-state index contributed by atoms with van der Waals surface area (Å²) < 4.78 is 7.42. The number of anilines is 1. The molecule has 18 heavy (non-hydrogen) atoms. The van der Waals surface area contributed by atoms with Gasteiger partial charge < -0.3 is 15.4 Å². The lowest BCUT2D eigenvalue weighted by Gasteiger charge is -2.33. The number of nitrogens with two attached hydrogens (primary N) is 1. The molecule has 2 unspecified atom stereocenters. The molecule has 1 fully saturated rings. The quantitative estimate of drug-likeness (QED) is 0.825. The molecule has 0 radical (unpaired) electrons. The molecule has 3 heterocycles.